The van der Waals surface area contributed by atoms with Crippen LogP contribution in [0.1, 0.15) is 43.0 Å². The number of nitrogens with one attached hydrogen (secondary N) is 1. The first-order valence-electron chi connectivity index (χ1n) is 5.63. The number of aryl methyl sites for hydroxylation is 1. The van der Waals surface area contributed by atoms with E-state index in [1.54, 1.807) is 0 Å². The van der Waals surface area contributed by atoms with Gasteiger partial charge < -0.3 is 5.32 Å². The first kappa shape index (κ1) is 8.42. The second kappa shape index (κ2) is 3.35. The van der Waals surface area contributed by atoms with Crippen LogP contribution in [0.15, 0.2) is 18.3 Å². The molecule has 1 aromatic heterocycles. The van der Waals surface area contributed by atoms with Gasteiger partial charge in [-0.15, -0.1) is 0 Å². The normalized spacial score (nSPS) is 25.9. The molecule has 2 nitrogen and oxygen atoms in total. The van der Waals surface area contributed by atoms with Gasteiger partial charge in [0.2, 0.25) is 0 Å². The standard InChI is InChI=1S/C12H16N2/c1-4-11-10(3-2-8-13-11)12(5-1)14-9-6-7-9/h2-3,8-9,12,14H,1,4-7H2. The zero-order chi connectivity index (χ0) is 9.38. The number of fused-ring (bicyclic) bond motifs is 1. The van der Waals surface area contributed by atoms with Gasteiger partial charge in [-0.2, -0.15) is 0 Å². The molecular weight excluding hydrogens is 172 g/mol. The average molecular weight is 188 g/mol. The van der Waals surface area contributed by atoms with E-state index in [4.69, 9.17) is 0 Å². The third kappa shape index (κ3) is 1.55. The molecule has 0 spiro atoms. The highest BCUT2D eigenvalue weighted by molar-refractivity contribution is 5.26. The summed E-state index contributed by atoms with van der Waals surface area (Å²) in [5.74, 6) is 0. The van der Waals surface area contributed by atoms with Gasteiger partial charge in [-0.05, 0) is 43.7 Å². The third-order valence-corrected chi connectivity index (χ3v) is 3.22. The molecule has 1 N–H and O–H groups in total. The fourth-order valence-corrected chi connectivity index (χ4v) is 2.31. The minimum absolute atomic E-state index is 0.583. The summed E-state index contributed by atoms with van der Waals surface area (Å²) in [6.07, 6.45) is 8.39. The zero-order valence-corrected chi connectivity index (χ0v) is 8.37. The van der Waals surface area contributed by atoms with Gasteiger partial charge in [-0.3, -0.25) is 4.98 Å². The molecule has 0 bridgehead atoms. The van der Waals surface area contributed by atoms with E-state index in [0.29, 0.717) is 6.04 Å². The van der Waals surface area contributed by atoms with Gasteiger partial charge in [0.05, 0.1) is 0 Å². The van der Waals surface area contributed by atoms with Crippen molar-refractivity contribution in [1.82, 2.24) is 10.3 Å². The monoisotopic (exact) mass is 188 g/mol. The Labute approximate surface area is 84.7 Å². The molecule has 74 valence electrons. The van der Waals surface area contributed by atoms with E-state index in [0.717, 1.165) is 6.04 Å². The molecular formula is C12H16N2. The van der Waals surface area contributed by atoms with Crippen molar-refractivity contribution in [3.8, 4) is 0 Å². The molecule has 1 atom stereocenters. The summed E-state index contributed by atoms with van der Waals surface area (Å²) >= 11 is 0. The van der Waals surface area contributed by atoms with E-state index in [1.165, 1.54) is 43.4 Å². The van der Waals surface area contributed by atoms with Crippen molar-refractivity contribution in [2.45, 2.75) is 44.2 Å². The first-order valence-corrected chi connectivity index (χ1v) is 5.63. The fourth-order valence-electron chi connectivity index (χ4n) is 2.31. The van der Waals surface area contributed by atoms with Crippen LogP contribution in [0.4, 0.5) is 0 Å². The molecule has 3 rings (SSSR count). The van der Waals surface area contributed by atoms with Crippen LogP contribution in [-0.4, -0.2) is 11.0 Å². The smallest absolute Gasteiger partial charge is 0.0451 e. The van der Waals surface area contributed by atoms with Crippen LogP contribution in [0.5, 0.6) is 0 Å². The van der Waals surface area contributed by atoms with Crippen molar-refractivity contribution in [1.29, 1.82) is 0 Å². The number of rotatable bonds is 2. The van der Waals surface area contributed by atoms with Crippen molar-refractivity contribution >= 4 is 0 Å². The van der Waals surface area contributed by atoms with Crippen LogP contribution < -0.4 is 5.32 Å². The van der Waals surface area contributed by atoms with Crippen LogP contribution in [0.2, 0.25) is 0 Å². The summed E-state index contributed by atoms with van der Waals surface area (Å²) in [6.45, 7) is 0. The Morgan fingerprint density at radius 3 is 3.07 bits per heavy atom. The Kier molecular flexibility index (Phi) is 2.02. The lowest BCUT2D eigenvalue weighted by atomic mass is 9.91. The molecule has 1 fully saturated rings. The van der Waals surface area contributed by atoms with E-state index in [2.05, 4.69) is 22.4 Å². The Balaban J connectivity index is 1.85. The van der Waals surface area contributed by atoms with Crippen molar-refractivity contribution in [2.24, 2.45) is 0 Å². The molecule has 1 unspecified atom stereocenters. The van der Waals surface area contributed by atoms with E-state index in [1.807, 2.05) is 6.20 Å². The Bertz CT molecular complexity index is 331. The topological polar surface area (TPSA) is 24.9 Å². The molecule has 0 aromatic carbocycles. The lowest BCUT2D eigenvalue weighted by Crippen LogP contribution is -2.27. The summed E-state index contributed by atoms with van der Waals surface area (Å²) in [5, 5.41) is 3.71. The molecule has 2 aliphatic carbocycles. The Hall–Kier alpha value is -0.890. The molecule has 0 amide bonds. The van der Waals surface area contributed by atoms with Crippen LogP contribution in [0.25, 0.3) is 0 Å². The highest BCUT2D eigenvalue weighted by atomic mass is 15.0. The lowest BCUT2D eigenvalue weighted by molar-refractivity contribution is 0.452. The van der Waals surface area contributed by atoms with Crippen molar-refractivity contribution in [3.05, 3.63) is 29.6 Å². The lowest BCUT2D eigenvalue weighted by Gasteiger charge is -2.25. The molecule has 1 saturated carbocycles. The predicted octanol–water partition coefficient (Wildman–Crippen LogP) is 2.21. The van der Waals surface area contributed by atoms with Crippen LogP contribution >= 0.6 is 0 Å². The van der Waals surface area contributed by atoms with Gasteiger partial charge in [-0.1, -0.05) is 6.07 Å². The van der Waals surface area contributed by atoms with Crippen LogP contribution in [-0.2, 0) is 6.42 Å². The molecule has 2 heteroatoms. The molecule has 0 saturated heterocycles. The average Bonchev–Trinajstić information content (AvgIpc) is 3.03. The van der Waals surface area contributed by atoms with Crippen molar-refractivity contribution < 1.29 is 0 Å². The van der Waals surface area contributed by atoms with Gasteiger partial charge in [0.15, 0.2) is 0 Å². The number of nitrogens with zero attached hydrogens (tertiary/aromatic N) is 1. The van der Waals surface area contributed by atoms with E-state index < -0.39 is 0 Å². The maximum Gasteiger partial charge on any atom is 0.0451 e. The molecule has 14 heavy (non-hydrogen) atoms. The maximum atomic E-state index is 4.46. The van der Waals surface area contributed by atoms with E-state index >= 15 is 0 Å². The summed E-state index contributed by atoms with van der Waals surface area (Å²) in [6, 6.07) is 5.68. The molecule has 1 aromatic rings. The number of pyridine rings is 1. The number of hydrogen-bond acceptors (Lipinski definition) is 2. The molecule has 2 aliphatic rings. The highest BCUT2D eigenvalue weighted by Gasteiger charge is 2.28. The minimum Gasteiger partial charge on any atom is -0.307 e. The minimum atomic E-state index is 0.583. The quantitative estimate of drug-likeness (QED) is 0.769. The summed E-state index contributed by atoms with van der Waals surface area (Å²) in [7, 11) is 0. The van der Waals surface area contributed by atoms with E-state index in [9.17, 15) is 0 Å². The summed E-state index contributed by atoms with van der Waals surface area (Å²) in [4.78, 5) is 4.46. The number of aromatic nitrogens is 1. The van der Waals surface area contributed by atoms with Gasteiger partial charge in [0.25, 0.3) is 0 Å². The van der Waals surface area contributed by atoms with Gasteiger partial charge in [0, 0.05) is 24.0 Å². The second-order valence-electron chi connectivity index (χ2n) is 4.43. The maximum absolute atomic E-state index is 4.46. The van der Waals surface area contributed by atoms with Crippen LogP contribution in [0, 0.1) is 0 Å². The van der Waals surface area contributed by atoms with Gasteiger partial charge >= 0.3 is 0 Å². The van der Waals surface area contributed by atoms with Gasteiger partial charge in [-0.25, -0.2) is 0 Å². The molecule has 1 heterocycles. The first-order chi connectivity index (χ1) is 6.93. The van der Waals surface area contributed by atoms with Crippen molar-refractivity contribution in [3.63, 3.8) is 0 Å². The fraction of sp³-hybridized carbons (Fsp3) is 0.583. The molecule has 0 radical (unpaired) electrons. The third-order valence-electron chi connectivity index (χ3n) is 3.22. The summed E-state index contributed by atoms with van der Waals surface area (Å²) < 4.78 is 0. The Morgan fingerprint density at radius 1 is 1.29 bits per heavy atom. The summed E-state index contributed by atoms with van der Waals surface area (Å²) in [5.41, 5.74) is 2.77. The second-order valence-corrected chi connectivity index (χ2v) is 4.43. The highest BCUT2D eigenvalue weighted by Crippen LogP contribution is 2.31. The van der Waals surface area contributed by atoms with Crippen molar-refractivity contribution in [2.75, 3.05) is 0 Å². The SMILES string of the molecule is c1cnc2c(c1)C(NC1CC1)CCC2. The molecule has 0 aliphatic heterocycles. The zero-order valence-electron chi connectivity index (χ0n) is 8.37. The Morgan fingerprint density at radius 2 is 2.21 bits per heavy atom. The van der Waals surface area contributed by atoms with E-state index in [-0.39, 0.29) is 0 Å². The van der Waals surface area contributed by atoms with Crippen LogP contribution in [0.3, 0.4) is 0 Å². The number of hydrogen-bond donors (Lipinski definition) is 1. The van der Waals surface area contributed by atoms with Gasteiger partial charge in [0.1, 0.15) is 0 Å². The predicted molar refractivity (Wildman–Crippen MR) is 56.1 cm³/mol. The largest absolute Gasteiger partial charge is 0.307 e.